The van der Waals surface area contributed by atoms with E-state index in [1.807, 2.05) is 23.9 Å². The SMILES string of the molecule is CSCCn1c(=NC(=O)CCCSCc2ccccc2)sc2cc(Br)ccc21. The molecule has 0 spiro atoms. The summed E-state index contributed by atoms with van der Waals surface area (Å²) in [5.74, 6) is 2.94. The summed E-state index contributed by atoms with van der Waals surface area (Å²) in [4.78, 5) is 17.7. The molecule has 0 fully saturated rings. The molecule has 0 atom stereocenters. The van der Waals surface area contributed by atoms with Crippen LogP contribution in [0.1, 0.15) is 18.4 Å². The molecule has 0 unspecified atom stereocenters. The molecule has 0 aliphatic rings. The van der Waals surface area contributed by atoms with Crippen molar-refractivity contribution in [1.82, 2.24) is 4.57 Å². The van der Waals surface area contributed by atoms with Crippen LogP contribution in [0.2, 0.25) is 0 Å². The van der Waals surface area contributed by atoms with Gasteiger partial charge < -0.3 is 4.57 Å². The van der Waals surface area contributed by atoms with Gasteiger partial charge in [0.25, 0.3) is 0 Å². The van der Waals surface area contributed by atoms with E-state index >= 15 is 0 Å². The molecule has 0 radical (unpaired) electrons. The number of thiazole rings is 1. The van der Waals surface area contributed by atoms with Crippen molar-refractivity contribution in [3.8, 4) is 0 Å². The zero-order valence-electron chi connectivity index (χ0n) is 15.8. The first kappa shape index (κ1) is 21.7. The lowest BCUT2D eigenvalue weighted by Crippen LogP contribution is -2.18. The molecular formula is C21H23BrN2OS3. The molecule has 0 aliphatic heterocycles. The lowest BCUT2D eigenvalue weighted by Gasteiger charge is -2.04. The van der Waals surface area contributed by atoms with Crippen LogP contribution in [0.25, 0.3) is 10.2 Å². The molecule has 3 nitrogen and oxygen atoms in total. The minimum atomic E-state index is -0.0242. The predicted octanol–water partition coefficient (Wildman–Crippen LogP) is 5.97. The van der Waals surface area contributed by atoms with E-state index in [9.17, 15) is 4.79 Å². The van der Waals surface area contributed by atoms with Gasteiger partial charge in [0.2, 0.25) is 5.91 Å². The second kappa shape index (κ2) is 11.2. The molecule has 7 heteroatoms. The maximum Gasteiger partial charge on any atom is 0.248 e. The Kier molecular flexibility index (Phi) is 8.70. The molecule has 148 valence electrons. The third-order valence-electron chi connectivity index (χ3n) is 4.18. The number of hydrogen-bond donors (Lipinski definition) is 0. The molecule has 1 heterocycles. The van der Waals surface area contributed by atoms with Gasteiger partial charge in [-0.05, 0) is 42.2 Å². The molecule has 3 rings (SSSR count). The van der Waals surface area contributed by atoms with Crippen molar-refractivity contribution in [3.63, 3.8) is 0 Å². The second-order valence-corrected chi connectivity index (χ2v) is 10.3. The Labute approximate surface area is 186 Å². The Bertz CT molecular complexity index is 982. The Morgan fingerprint density at radius 2 is 2.00 bits per heavy atom. The van der Waals surface area contributed by atoms with Crippen molar-refractivity contribution in [2.24, 2.45) is 4.99 Å². The van der Waals surface area contributed by atoms with Crippen LogP contribution in [0.3, 0.4) is 0 Å². The zero-order valence-corrected chi connectivity index (χ0v) is 19.8. The fraction of sp³-hybridized carbons (Fsp3) is 0.333. The Morgan fingerprint density at radius 1 is 1.18 bits per heavy atom. The summed E-state index contributed by atoms with van der Waals surface area (Å²) in [6.45, 7) is 0.863. The number of nitrogens with zero attached hydrogens (tertiary/aromatic N) is 2. The number of aromatic nitrogens is 1. The van der Waals surface area contributed by atoms with Crippen LogP contribution >= 0.6 is 50.8 Å². The highest BCUT2D eigenvalue weighted by molar-refractivity contribution is 9.10. The average Bonchev–Trinajstić information content (AvgIpc) is 3.02. The highest BCUT2D eigenvalue weighted by Crippen LogP contribution is 2.22. The molecule has 1 aromatic heterocycles. The van der Waals surface area contributed by atoms with E-state index in [0.717, 1.165) is 49.7 Å². The van der Waals surface area contributed by atoms with Crippen molar-refractivity contribution in [2.75, 3.05) is 17.8 Å². The summed E-state index contributed by atoms with van der Waals surface area (Å²) in [5, 5.41) is 0. The number of aryl methyl sites for hydroxylation is 1. The summed E-state index contributed by atoms with van der Waals surface area (Å²) in [7, 11) is 0. The van der Waals surface area contributed by atoms with Crippen molar-refractivity contribution in [1.29, 1.82) is 0 Å². The number of hydrogen-bond acceptors (Lipinski definition) is 4. The van der Waals surface area contributed by atoms with Crippen molar-refractivity contribution in [3.05, 3.63) is 63.4 Å². The van der Waals surface area contributed by atoms with Crippen LogP contribution in [-0.4, -0.2) is 28.2 Å². The van der Waals surface area contributed by atoms with E-state index in [1.54, 1.807) is 23.1 Å². The summed E-state index contributed by atoms with van der Waals surface area (Å²) in [5.41, 5.74) is 2.47. The second-order valence-electron chi connectivity index (χ2n) is 6.29. The molecule has 2 aromatic carbocycles. The third-order valence-corrected chi connectivity index (χ3v) is 7.42. The molecule has 3 aromatic rings. The van der Waals surface area contributed by atoms with E-state index in [1.165, 1.54) is 5.56 Å². The normalized spacial score (nSPS) is 12.0. The molecular weight excluding hydrogens is 472 g/mol. The fourth-order valence-corrected chi connectivity index (χ4v) is 5.69. The fourth-order valence-electron chi connectivity index (χ4n) is 2.78. The summed E-state index contributed by atoms with van der Waals surface area (Å²) in [6.07, 6.45) is 3.46. The lowest BCUT2D eigenvalue weighted by molar-refractivity contribution is -0.118. The monoisotopic (exact) mass is 494 g/mol. The number of benzene rings is 2. The number of thioether (sulfide) groups is 2. The lowest BCUT2D eigenvalue weighted by atomic mass is 10.2. The van der Waals surface area contributed by atoms with Gasteiger partial charge in [0.1, 0.15) is 0 Å². The van der Waals surface area contributed by atoms with Gasteiger partial charge in [-0.15, -0.1) is 0 Å². The van der Waals surface area contributed by atoms with E-state index in [2.05, 4.69) is 68.1 Å². The molecule has 0 bridgehead atoms. The van der Waals surface area contributed by atoms with Gasteiger partial charge in [-0.25, -0.2) is 0 Å². The van der Waals surface area contributed by atoms with Gasteiger partial charge in [-0.2, -0.15) is 28.5 Å². The van der Waals surface area contributed by atoms with E-state index in [0.29, 0.717) is 6.42 Å². The Morgan fingerprint density at radius 3 is 2.79 bits per heavy atom. The third kappa shape index (κ3) is 6.24. The van der Waals surface area contributed by atoms with E-state index in [4.69, 9.17) is 0 Å². The number of rotatable bonds is 9. The quantitative estimate of drug-likeness (QED) is 0.343. The minimum absolute atomic E-state index is 0.0242. The molecule has 0 saturated carbocycles. The van der Waals surface area contributed by atoms with Gasteiger partial charge >= 0.3 is 0 Å². The predicted molar refractivity (Wildman–Crippen MR) is 128 cm³/mol. The number of carbonyl (C=O) groups is 1. The number of carbonyl (C=O) groups excluding carboxylic acids is 1. The topological polar surface area (TPSA) is 34.4 Å². The highest BCUT2D eigenvalue weighted by atomic mass is 79.9. The van der Waals surface area contributed by atoms with Crippen LogP contribution in [-0.2, 0) is 17.1 Å². The Hall–Kier alpha value is -1.02. The number of halogens is 1. The summed E-state index contributed by atoms with van der Waals surface area (Å²) >= 11 is 8.79. The maximum atomic E-state index is 12.4. The molecule has 28 heavy (non-hydrogen) atoms. The van der Waals surface area contributed by atoms with Crippen molar-refractivity contribution >= 4 is 66.9 Å². The number of amides is 1. The van der Waals surface area contributed by atoms with E-state index in [-0.39, 0.29) is 5.91 Å². The van der Waals surface area contributed by atoms with Gasteiger partial charge in [0.05, 0.1) is 10.2 Å². The van der Waals surface area contributed by atoms with Crippen molar-refractivity contribution < 1.29 is 4.79 Å². The smallest absolute Gasteiger partial charge is 0.248 e. The Balaban J connectivity index is 1.61. The summed E-state index contributed by atoms with van der Waals surface area (Å²) < 4.78 is 4.37. The number of fused-ring (bicyclic) bond motifs is 1. The van der Waals surface area contributed by atoms with E-state index < -0.39 is 0 Å². The van der Waals surface area contributed by atoms with Gasteiger partial charge in [0, 0.05) is 28.9 Å². The first-order valence-electron chi connectivity index (χ1n) is 9.14. The van der Waals surface area contributed by atoms with Crippen LogP contribution < -0.4 is 4.80 Å². The van der Waals surface area contributed by atoms with Crippen molar-refractivity contribution in [2.45, 2.75) is 25.1 Å². The van der Waals surface area contributed by atoms with Gasteiger partial charge in [-0.3, -0.25) is 4.79 Å². The molecule has 0 saturated heterocycles. The zero-order chi connectivity index (χ0) is 19.8. The largest absolute Gasteiger partial charge is 0.316 e. The minimum Gasteiger partial charge on any atom is -0.316 e. The average molecular weight is 496 g/mol. The van der Waals surface area contributed by atoms with Crippen LogP contribution in [0, 0.1) is 0 Å². The standard InChI is InChI=1S/C21H23BrN2OS3/c1-26-13-11-24-18-10-9-17(22)14-19(18)28-21(24)23-20(25)8-5-12-27-15-16-6-3-2-4-7-16/h2-4,6-7,9-10,14H,5,8,11-13,15H2,1H3. The van der Waals surface area contributed by atoms with Crippen LogP contribution in [0.4, 0.5) is 0 Å². The van der Waals surface area contributed by atoms with Gasteiger partial charge in [0.15, 0.2) is 4.80 Å². The van der Waals surface area contributed by atoms with Crippen LogP contribution in [0.5, 0.6) is 0 Å². The molecule has 1 amide bonds. The first-order chi connectivity index (χ1) is 13.7. The molecule has 0 aliphatic carbocycles. The van der Waals surface area contributed by atoms with Gasteiger partial charge in [-0.1, -0.05) is 57.6 Å². The highest BCUT2D eigenvalue weighted by Gasteiger charge is 2.08. The van der Waals surface area contributed by atoms with Crippen LogP contribution in [0.15, 0.2) is 58.0 Å². The summed E-state index contributed by atoms with van der Waals surface area (Å²) in [6, 6.07) is 16.7. The maximum absolute atomic E-state index is 12.4. The first-order valence-corrected chi connectivity index (χ1v) is 13.3. The molecule has 0 N–H and O–H groups in total.